The number of halogens is 1. The highest BCUT2D eigenvalue weighted by Crippen LogP contribution is 2.22. The van der Waals surface area contributed by atoms with Gasteiger partial charge >= 0.3 is 0 Å². The number of ether oxygens (including phenoxy) is 1. The van der Waals surface area contributed by atoms with Gasteiger partial charge in [-0.15, -0.1) is 0 Å². The molecule has 0 spiro atoms. The summed E-state index contributed by atoms with van der Waals surface area (Å²) in [4.78, 5) is 27.7. The molecule has 168 valence electrons. The van der Waals surface area contributed by atoms with E-state index in [0.717, 1.165) is 16.7 Å². The summed E-state index contributed by atoms with van der Waals surface area (Å²) in [6.45, 7) is 10.5. The number of benzene rings is 2. The SMILES string of the molecule is CC[C@@H](C(=O)NCC(C)C)N(Cc1ccccc1Cl)C(=O)COc1cc(C)ccc1C. The van der Waals surface area contributed by atoms with Crippen molar-refractivity contribution in [3.05, 3.63) is 64.2 Å². The Bertz CT molecular complexity index is 898. The van der Waals surface area contributed by atoms with Crippen molar-refractivity contribution >= 4 is 23.4 Å². The first-order valence-electron chi connectivity index (χ1n) is 10.7. The molecule has 6 heteroatoms. The lowest BCUT2D eigenvalue weighted by molar-refractivity contribution is -0.143. The van der Waals surface area contributed by atoms with Crippen LogP contribution in [0.4, 0.5) is 0 Å². The third kappa shape index (κ3) is 7.28. The standard InChI is InChI=1S/C25H33ClN2O3/c1-6-22(25(30)27-14-17(2)3)28(15-20-9-7-8-10-21(20)26)24(29)16-31-23-13-18(4)11-12-19(23)5/h7-13,17,22H,6,14-16H2,1-5H3,(H,27,30)/t22-/m0/s1. The Labute approximate surface area is 190 Å². The zero-order valence-corrected chi connectivity index (χ0v) is 19.8. The Balaban J connectivity index is 2.24. The molecule has 0 unspecified atom stereocenters. The first-order chi connectivity index (χ1) is 14.7. The molecule has 2 aromatic rings. The fourth-order valence-electron chi connectivity index (χ4n) is 3.24. The van der Waals surface area contributed by atoms with Gasteiger partial charge in [0.1, 0.15) is 11.8 Å². The van der Waals surface area contributed by atoms with Crippen LogP contribution in [0, 0.1) is 19.8 Å². The number of carbonyl (C=O) groups is 2. The number of carbonyl (C=O) groups excluding carboxylic acids is 2. The van der Waals surface area contributed by atoms with E-state index in [1.165, 1.54) is 0 Å². The van der Waals surface area contributed by atoms with Gasteiger partial charge in [0.15, 0.2) is 6.61 Å². The quantitative estimate of drug-likeness (QED) is 0.566. The van der Waals surface area contributed by atoms with Crippen LogP contribution in [0.25, 0.3) is 0 Å². The highest BCUT2D eigenvalue weighted by atomic mass is 35.5. The average molecular weight is 445 g/mol. The van der Waals surface area contributed by atoms with Crippen LogP contribution in [0.5, 0.6) is 5.75 Å². The molecule has 2 rings (SSSR count). The van der Waals surface area contributed by atoms with Gasteiger partial charge in [0.25, 0.3) is 5.91 Å². The molecule has 0 fully saturated rings. The van der Waals surface area contributed by atoms with E-state index in [-0.39, 0.29) is 25.0 Å². The zero-order chi connectivity index (χ0) is 23.0. The van der Waals surface area contributed by atoms with Gasteiger partial charge in [0.2, 0.25) is 5.91 Å². The van der Waals surface area contributed by atoms with Crippen LogP contribution in [0.15, 0.2) is 42.5 Å². The minimum Gasteiger partial charge on any atom is -0.483 e. The number of aryl methyl sites for hydroxylation is 2. The summed E-state index contributed by atoms with van der Waals surface area (Å²) in [5.74, 6) is 0.570. The van der Waals surface area contributed by atoms with Crippen molar-refractivity contribution in [2.24, 2.45) is 5.92 Å². The molecule has 0 saturated heterocycles. The molecule has 0 aliphatic heterocycles. The van der Waals surface area contributed by atoms with E-state index in [4.69, 9.17) is 16.3 Å². The largest absolute Gasteiger partial charge is 0.483 e. The number of amides is 2. The van der Waals surface area contributed by atoms with Gasteiger partial charge in [0.05, 0.1) is 0 Å². The van der Waals surface area contributed by atoms with Crippen LogP contribution in [-0.2, 0) is 16.1 Å². The lowest BCUT2D eigenvalue weighted by Gasteiger charge is -2.31. The second kappa shape index (κ2) is 11.8. The lowest BCUT2D eigenvalue weighted by atomic mass is 10.1. The number of hydrogen-bond donors (Lipinski definition) is 1. The fraction of sp³-hybridized carbons (Fsp3) is 0.440. The van der Waals surface area contributed by atoms with Crippen molar-refractivity contribution < 1.29 is 14.3 Å². The van der Waals surface area contributed by atoms with Gasteiger partial charge in [-0.25, -0.2) is 0 Å². The van der Waals surface area contributed by atoms with Gasteiger partial charge in [-0.1, -0.05) is 62.7 Å². The molecule has 5 nitrogen and oxygen atoms in total. The topological polar surface area (TPSA) is 58.6 Å². The molecule has 0 bridgehead atoms. The van der Waals surface area contributed by atoms with Gasteiger partial charge in [0, 0.05) is 18.1 Å². The summed E-state index contributed by atoms with van der Waals surface area (Å²) in [6, 6.07) is 12.6. The van der Waals surface area contributed by atoms with Crippen molar-refractivity contribution in [2.45, 2.75) is 53.6 Å². The second-order valence-electron chi connectivity index (χ2n) is 8.23. The van der Waals surface area contributed by atoms with Crippen molar-refractivity contribution in [1.29, 1.82) is 0 Å². The van der Waals surface area contributed by atoms with E-state index in [2.05, 4.69) is 5.32 Å². The Morgan fingerprint density at radius 3 is 2.48 bits per heavy atom. The Kier molecular flexibility index (Phi) is 9.38. The van der Waals surface area contributed by atoms with Crippen LogP contribution in [-0.4, -0.2) is 35.9 Å². The van der Waals surface area contributed by atoms with Crippen molar-refractivity contribution in [3.63, 3.8) is 0 Å². The van der Waals surface area contributed by atoms with E-state index in [1.54, 1.807) is 11.0 Å². The summed E-state index contributed by atoms with van der Waals surface area (Å²) in [5.41, 5.74) is 2.80. The molecule has 1 atom stereocenters. The normalized spacial score (nSPS) is 11.8. The summed E-state index contributed by atoms with van der Waals surface area (Å²) in [5, 5.41) is 3.52. The fourth-order valence-corrected chi connectivity index (χ4v) is 3.43. The molecule has 0 heterocycles. The molecule has 0 aliphatic carbocycles. The van der Waals surface area contributed by atoms with E-state index in [0.29, 0.717) is 29.7 Å². The molecular formula is C25H33ClN2O3. The number of rotatable bonds is 10. The maximum atomic E-state index is 13.2. The van der Waals surface area contributed by atoms with Crippen LogP contribution in [0.3, 0.4) is 0 Å². The van der Waals surface area contributed by atoms with E-state index < -0.39 is 6.04 Å². The number of nitrogens with zero attached hydrogens (tertiary/aromatic N) is 1. The monoisotopic (exact) mass is 444 g/mol. The first-order valence-corrected chi connectivity index (χ1v) is 11.1. The Hall–Kier alpha value is -2.53. The van der Waals surface area contributed by atoms with Crippen LogP contribution >= 0.6 is 11.6 Å². The lowest BCUT2D eigenvalue weighted by Crippen LogP contribution is -2.50. The molecule has 31 heavy (non-hydrogen) atoms. The average Bonchev–Trinajstić information content (AvgIpc) is 2.73. The van der Waals surface area contributed by atoms with Gasteiger partial charge in [-0.3, -0.25) is 9.59 Å². The molecular weight excluding hydrogens is 412 g/mol. The maximum Gasteiger partial charge on any atom is 0.261 e. The third-order valence-electron chi connectivity index (χ3n) is 5.06. The predicted molar refractivity (Wildman–Crippen MR) is 125 cm³/mol. The molecule has 0 aromatic heterocycles. The molecule has 1 N–H and O–H groups in total. The third-order valence-corrected chi connectivity index (χ3v) is 5.43. The van der Waals surface area contributed by atoms with Gasteiger partial charge in [-0.2, -0.15) is 0 Å². The van der Waals surface area contributed by atoms with Crippen LogP contribution in [0.2, 0.25) is 5.02 Å². The highest BCUT2D eigenvalue weighted by molar-refractivity contribution is 6.31. The number of nitrogens with one attached hydrogen (secondary N) is 1. The molecule has 0 saturated carbocycles. The molecule has 2 amide bonds. The smallest absolute Gasteiger partial charge is 0.261 e. The second-order valence-corrected chi connectivity index (χ2v) is 8.64. The minimum atomic E-state index is -0.607. The maximum absolute atomic E-state index is 13.2. The van der Waals surface area contributed by atoms with E-state index in [1.807, 2.05) is 71.0 Å². The van der Waals surface area contributed by atoms with E-state index in [9.17, 15) is 9.59 Å². The number of hydrogen-bond acceptors (Lipinski definition) is 3. The van der Waals surface area contributed by atoms with Crippen molar-refractivity contribution in [3.8, 4) is 5.75 Å². The van der Waals surface area contributed by atoms with Gasteiger partial charge < -0.3 is 15.0 Å². The summed E-state index contributed by atoms with van der Waals surface area (Å²) >= 11 is 6.34. The van der Waals surface area contributed by atoms with Crippen LogP contribution in [0.1, 0.15) is 43.9 Å². The molecule has 0 aliphatic rings. The summed E-state index contributed by atoms with van der Waals surface area (Å²) in [6.07, 6.45) is 0.490. The predicted octanol–water partition coefficient (Wildman–Crippen LogP) is 4.92. The van der Waals surface area contributed by atoms with Gasteiger partial charge in [-0.05, 0) is 55.0 Å². The first kappa shape index (κ1) is 24.7. The minimum absolute atomic E-state index is 0.150. The summed E-state index contributed by atoms with van der Waals surface area (Å²) < 4.78 is 5.85. The molecule has 2 aromatic carbocycles. The molecule has 0 radical (unpaired) electrons. The van der Waals surface area contributed by atoms with Crippen molar-refractivity contribution in [2.75, 3.05) is 13.2 Å². The van der Waals surface area contributed by atoms with Crippen molar-refractivity contribution in [1.82, 2.24) is 10.2 Å². The summed E-state index contributed by atoms with van der Waals surface area (Å²) in [7, 11) is 0. The Morgan fingerprint density at radius 2 is 1.84 bits per heavy atom. The Morgan fingerprint density at radius 1 is 1.13 bits per heavy atom. The highest BCUT2D eigenvalue weighted by Gasteiger charge is 2.29. The van der Waals surface area contributed by atoms with E-state index >= 15 is 0 Å². The van der Waals surface area contributed by atoms with Crippen LogP contribution < -0.4 is 10.1 Å². The zero-order valence-electron chi connectivity index (χ0n) is 19.1.